The van der Waals surface area contributed by atoms with Crippen molar-refractivity contribution in [3.05, 3.63) is 33.8 Å². The molecule has 0 aliphatic carbocycles. The van der Waals surface area contributed by atoms with Crippen LogP contribution in [0.1, 0.15) is 25.6 Å². The first-order valence-corrected chi connectivity index (χ1v) is 5.46. The summed E-state index contributed by atoms with van der Waals surface area (Å²) in [4.78, 5) is 22.3. The molecule has 0 bridgehead atoms. The Morgan fingerprint density at radius 3 is 2.83 bits per heavy atom. The highest BCUT2D eigenvalue weighted by Crippen LogP contribution is 2.36. The molecule has 0 spiro atoms. The largest absolute Gasteiger partial charge is 0.490 e. The first-order chi connectivity index (χ1) is 8.43. The zero-order valence-electron chi connectivity index (χ0n) is 10.3. The Balaban J connectivity index is 2.47. The maximum Gasteiger partial charge on any atom is 0.314 e. The quantitative estimate of drug-likeness (QED) is 0.587. The highest BCUT2D eigenvalue weighted by molar-refractivity contribution is 5.97. The van der Waals surface area contributed by atoms with Crippen molar-refractivity contribution < 1.29 is 14.5 Å². The molecule has 0 radical (unpaired) electrons. The van der Waals surface area contributed by atoms with Crippen molar-refractivity contribution in [3.8, 4) is 0 Å². The van der Waals surface area contributed by atoms with Gasteiger partial charge in [-0.3, -0.25) is 19.6 Å². The molecule has 0 saturated heterocycles. The van der Waals surface area contributed by atoms with Crippen LogP contribution in [0.2, 0.25) is 0 Å². The minimum atomic E-state index is -0.672. The molecule has 0 saturated carbocycles. The molecule has 2 atom stereocenters. The van der Waals surface area contributed by atoms with E-state index in [-0.39, 0.29) is 11.5 Å². The van der Waals surface area contributed by atoms with Gasteiger partial charge in [0.05, 0.1) is 17.1 Å². The third kappa shape index (κ3) is 1.77. The van der Waals surface area contributed by atoms with Gasteiger partial charge >= 0.3 is 5.69 Å². The highest BCUT2D eigenvalue weighted by Gasteiger charge is 2.37. The summed E-state index contributed by atoms with van der Waals surface area (Å²) in [5.74, 6) is -0.536. The number of allylic oxidation sites excluding steroid dienone is 1. The van der Waals surface area contributed by atoms with Gasteiger partial charge in [0.25, 0.3) is 0 Å². The number of hydrogen-bond acceptors (Lipinski definition) is 5. The smallest absolute Gasteiger partial charge is 0.314 e. The van der Waals surface area contributed by atoms with E-state index in [1.165, 1.54) is 17.1 Å². The number of carbonyl (C=O) groups excluding carboxylic acids is 1. The Kier molecular flexibility index (Phi) is 2.90. The van der Waals surface area contributed by atoms with Gasteiger partial charge in [0.1, 0.15) is 6.20 Å². The van der Waals surface area contributed by atoms with Gasteiger partial charge in [0.2, 0.25) is 0 Å². The van der Waals surface area contributed by atoms with Crippen LogP contribution < -0.4 is 0 Å². The molecule has 7 heteroatoms. The van der Waals surface area contributed by atoms with Gasteiger partial charge in [-0.1, -0.05) is 6.92 Å². The van der Waals surface area contributed by atoms with Crippen LogP contribution in [0.4, 0.5) is 5.69 Å². The summed E-state index contributed by atoms with van der Waals surface area (Å²) in [7, 11) is 1.59. The number of rotatable bonds is 2. The second-order valence-corrected chi connectivity index (χ2v) is 4.31. The lowest BCUT2D eigenvalue weighted by Gasteiger charge is -2.26. The number of hydrogen-bond donors (Lipinski definition) is 0. The van der Waals surface area contributed by atoms with Crippen LogP contribution in [-0.2, 0) is 16.6 Å². The first kappa shape index (κ1) is 12.3. The van der Waals surface area contributed by atoms with E-state index >= 15 is 0 Å². The van der Waals surface area contributed by atoms with E-state index in [1.54, 1.807) is 20.9 Å². The van der Waals surface area contributed by atoms with E-state index in [4.69, 9.17) is 4.74 Å². The van der Waals surface area contributed by atoms with E-state index in [9.17, 15) is 14.9 Å². The Hall–Kier alpha value is -2.18. The highest BCUT2D eigenvalue weighted by atomic mass is 16.6. The number of carbonyl (C=O) groups is 1. The van der Waals surface area contributed by atoms with Crippen LogP contribution in [0.25, 0.3) is 0 Å². The zero-order valence-corrected chi connectivity index (χ0v) is 10.3. The molecule has 0 amide bonds. The lowest BCUT2D eigenvalue weighted by molar-refractivity contribution is -0.386. The summed E-state index contributed by atoms with van der Waals surface area (Å²) < 4.78 is 6.82. The minimum absolute atomic E-state index is 0.0678. The van der Waals surface area contributed by atoms with Gasteiger partial charge in [-0.2, -0.15) is 5.10 Å². The average Bonchev–Trinajstić information content (AvgIpc) is 2.69. The number of Topliss-reactive ketones (excluding diaryl/α,β-unsaturated/α-hetero) is 1. The zero-order chi connectivity index (χ0) is 13.4. The van der Waals surface area contributed by atoms with Gasteiger partial charge in [-0.25, -0.2) is 0 Å². The summed E-state index contributed by atoms with van der Waals surface area (Å²) in [5.41, 5.74) is 0.697. The van der Waals surface area contributed by atoms with Crippen molar-refractivity contribution in [2.45, 2.75) is 20.0 Å². The van der Waals surface area contributed by atoms with Crippen LogP contribution >= 0.6 is 0 Å². The topological polar surface area (TPSA) is 87.3 Å². The van der Waals surface area contributed by atoms with Gasteiger partial charge in [0.15, 0.2) is 17.6 Å². The number of aryl methyl sites for hydroxylation is 1. The van der Waals surface area contributed by atoms with Crippen molar-refractivity contribution in [1.82, 2.24) is 9.78 Å². The van der Waals surface area contributed by atoms with Crippen molar-refractivity contribution in [2.75, 3.05) is 0 Å². The molecular formula is C11H13N3O4. The third-order valence-electron chi connectivity index (χ3n) is 3.08. The monoisotopic (exact) mass is 251 g/mol. The summed E-state index contributed by atoms with van der Waals surface area (Å²) in [6.07, 6.45) is 1.85. The molecule has 1 aliphatic rings. The summed E-state index contributed by atoms with van der Waals surface area (Å²) >= 11 is 0. The number of nitrogens with zero attached hydrogens (tertiary/aromatic N) is 3. The molecule has 1 aromatic heterocycles. The first-order valence-electron chi connectivity index (χ1n) is 5.46. The van der Waals surface area contributed by atoms with Crippen LogP contribution in [0.15, 0.2) is 18.0 Å². The maximum atomic E-state index is 11.9. The molecule has 96 valence electrons. The Labute approximate surface area is 103 Å². The predicted molar refractivity (Wildman–Crippen MR) is 61.6 cm³/mol. The predicted octanol–water partition coefficient (Wildman–Crippen LogP) is 1.51. The van der Waals surface area contributed by atoms with Crippen molar-refractivity contribution in [2.24, 2.45) is 13.0 Å². The van der Waals surface area contributed by atoms with Crippen molar-refractivity contribution in [1.29, 1.82) is 0 Å². The van der Waals surface area contributed by atoms with Gasteiger partial charge in [-0.15, -0.1) is 0 Å². The number of ketones is 1. The molecular weight excluding hydrogens is 238 g/mol. The van der Waals surface area contributed by atoms with Crippen LogP contribution in [0, 0.1) is 16.0 Å². The summed E-state index contributed by atoms with van der Waals surface area (Å²) in [6, 6.07) is 0. The average molecular weight is 251 g/mol. The molecule has 1 aromatic rings. The molecule has 7 nitrogen and oxygen atoms in total. The van der Waals surface area contributed by atoms with Crippen molar-refractivity contribution >= 4 is 11.5 Å². The molecule has 0 N–H and O–H groups in total. The van der Waals surface area contributed by atoms with Gasteiger partial charge in [-0.05, 0) is 6.92 Å². The van der Waals surface area contributed by atoms with E-state index < -0.39 is 16.9 Å². The van der Waals surface area contributed by atoms with Crippen LogP contribution in [-0.4, -0.2) is 20.5 Å². The van der Waals surface area contributed by atoms with E-state index in [0.29, 0.717) is 11.3 Å². The molecule has 2 rings (SSSR count). The van der Waals surface area contributed by atoms with Gasteiger partial charge in [0, 0.05) is 12.6 Å². The SMILES string of the molecule is CC1=CO[C@@H](c2c([N+](=O)[O-])cnn2C)[C@H](C)C1=O. The summed E-state index contributed by atoms with van der Waals surface area (Å²) in [5, 5.41) is 14.8. The number of nitro groups is 1. The Bertz CT molecular complexity index is 546. The van der Waals surface area contributed by atoms with Gasteiger partial charge < -0.3 is 4.74 Å². The van der Waals surface area contributed by atoms with E-state index in [1.807, 2.05) is 0 Å². The molecule has 0 fully saturated rings. The fourth-order valence-electron chi connectivity index (χ4n) is 2.06. The Morgan fingerprint density at radius 2 is 2.22 bits per heavy atom. The van der Waals surface area contributed by atoms with Crippen LogP contribution in [0.3, 0.4) is 0 Å². The van der Waals surface area contributed by atoms with E-state index in [0.717, 1.165) is 0 Å². The fourth-order valence-corrected chi connectivity index (χ4v) is 2.06. The molecule has 2 heterocycles. The fraction of sp³-hybridized carbons (Fsp3) is 0.455. The molecule has 1 aliphatic heterocycles. The standard InChI is InChI=1S/C11H13N3O4/c1-6-5-18-11(7(2)10(6)15)9-8(14(16)17)4-12-13(9)3/h4-5,7,11H,1-3H3/t7-,11-/m1/s1. The maximum absolute atomic E-state index is 11.9. The molecule has 0 unspecified atom stereocenters. The Morgan fingerprint density at radius 1 is 1.56 bits per heavy atom. The number of aromatic nitrogens is 2. The number of ether oxygens (including phenoxy) is 1. The third-order valence-corrected chi connectivity index (χ3v) is 3.08. The molecule has 0 aromatic carbocycles. The van der Waals surface area contributed by atoms with Crippen molar-refractivity contribution in [3.63, 3.8) is 0 Å². The second-order valence-electron chi connectivity index (χ2n) is 4.31. The van der Waals surface area contributed by atoms with Crippen LogP contribution in [0.5, 0.6) is 0 Å². The lowest BCUT2D eigenvalue weighted by atomic mass is 9.91. The summed E-state index contributed by atoms with van der Waals surface area (Å²) in [6.45, 7) is 3.35. The van der Waals surface area contributed by atoms with E-state index in [2.05, 4.69) is 5.10 Å². The lowest BCUT2D eigenvalue weighted by Crippen LogP contribution is -2.27. The normalized spacial score (nSPS) is 23.5. The second kappa shape index (κ2) is 4.25. The minimum Gasteiger partial charge on any atom is -0.490 e. The molecule has 18 heavy (non-hydrogen) atoms.